The molecular formula is C9H12N4OS. The first-order chi connectivity index (χ1) is 7.31. The molecule has 1 atom stereocenters. The molecule has 5 nitrogen and oxygen atoms in total. The Morgan fingerprint density at radius 2 is 2.53 bits per heavy atom. The molecule has 2 heterocycles. The second-order valence-corrected chi connectivity index (χ2v) is 4.19. The van der Waals surface area contributed by atoms with Gasteiger partial charge in [0.2, 0.25) is 0 Å². The van der Waals surface area contributed by atoms with Crippen LogP contribution in [0.15, 0.2) is 34.3 Å². The van der Waals surface area contributed by atoms with Crippen LogP contribution in [0.5, 0.6) is 0 Å². The Bertz CT molecular complexity index is 411. The number of rotatable bonds is 4. The third kappa shape index (κ3) is 2.21. The van der Waals surface area contributed by atoms with E-state index in [1.54, 1.807) is 22.7 Å². The average molecular weight is 224 g/mol. The van der Waals surface area contributed by atoms with E-state index in [2.05, 4.69) is 10.1 Å². The minimum atomic E-state index is 0.0860. The summed E-state index contributed by atoms with van der Waals surface area (Å²) in [5.74, 6) is 0.866. The zero-order chi connectivity index (χ0) is 10.7. The van der Waals surface area contributed by atoms with Gasteiger partial charge in [0.1, 0.15) is 12.1 Å². The molecule has 0 bridgehead atoms. The third-order valence-corrected chi connectivity index (χ3v) is 3.28. The minimum Gasteiger partial charge on any atom is -0.468 e. The summed E-state index contributed by atoms with van der Waals surface area (Å²) in [6.45, 7) is 0.505. The van der Waals surface area contributed by atoms with Gasteiger partial charge in [0.15, 0.2) is 5.16 Å². The molecule has 0 aliphatic rings. The molecule has 0 aliphatic carbocycles. The van der Waals surface area contributed by atoms with Crippen molar-refractivity contribution < 1.29 is 4.42 Å². The van der Waals surface area contributed by atoms with Crippen LogP contribution >= 0.6 is 11.8 Å². The van der Waals surface area contributed by atoms with Crippen LogP contribution in [0.2, 0.25) is 0 Å². The van der Waals surface area contributed by atoms with Gasteiger partial charge in [-0.3, -0.25) is 0 Å². The van der Waals surface area contributed by atoms with E-state index in [-0.39, 0.29) is 5.25 Å². The lowest BCUT2D eigenvalue weighted by Gasteiger charge is -2.10. The number of hydrogen-bond donors (Lipinski definition) is 1. The topological polar surface area (TPSA) is 69.9 Å². The van der Waals surface area contributed by atoms with Gasteiger partial charge in [0, 0.05) is 13.6 Å². The van der Waals surface area contributed by atoms with Crippen molar-refractivity contribution in [1.82, 2.24) is 14.8 Å². The average Bonchev–Trinajstić information content (AvgIpc) is 2.86. The molecule has 0 fully saturated rings. The molecule has 2 aromatic rings. The molecule has 0 saturated heterocycles. The molecule has 6 heteroatoms. The van der Waals surface area contributed by atoms with Gasteiger partial charge in [0.25, 0.3) is 0 Å². The quantitative estimate of drug-likeness (QED) is 0.790. The fraction of sp³-hybridized carbons (Fsp3) is 0.333. The van der Waals surface area contributed by atoms with Gasteiger partial charge in [0.05, 0.1) is 11.5 Å². The van der Waals surface area contributed by atoms with Crippen molar-refractivity contribution in [3.05, 3.63) is 30.5 Å². The third-order valence-electron chi connectivity index (χ3n) is 1.99. The predicted octanol–water partition coefficient (Wildman–Crippen LogP) is 1.20. The summed E-state index contributed by atoms with van der Waals surface area (Å²) in [6, 6.07) is 3.77. The maximum absolute atomic E-state index is 5.69. The highest BCUT2D eigenvalue weighted by Gasteiger charge is 2.16. The molecule has 0 saturated carbocycles. The first kappa shape index (κ1) is 10.3. The van der Waals surface area contributed by atoms with E-state index in [1.807, 2.05) is 19.2 Å². The SMILES string of the molecule is Cn1ncnc1SC(CN)c1ccco1. The summed E-state index contributed by atoms with van der Waals surface area (Å²) in [4.78, 5) is 4.13. The summed E-state index contributed by atoms with van der Waals surface area (Å²) >= 11 is 1.55. The van der Waals surface area contributed by atoms with Gasteiger partial charge < -0.3 is 10.2 Å². The van der Waals surface area contributed by atoms with Crippen LogP contribution < -0.4 is 5.73 Å². The number of aryl methyl sites for hydroxylation is 1. The van der Waals surface area contributed by atoms with Crippen molar-refractivity contribution in [1.29, 1.82) is 0 Å². The van der Waals surface area contributed by atoms with Crippen molar-refractivity contribution in [2.75, 3.05) is 6.54 Å². The number of furan rings is 1. The van der Waals surface area contributed by atoms with Crippen LogP contribution in [0.4, 0.5) is 0 Å². The smallest absolute Gasteiger partial charge is 0.186 e. The lowest BCUT2D eigenvalue weighted by Crippen LogP contribution is -2.09. The molecule has 0 aliphatic heterocycles. The van der Waals surface area contributed by atoms with Gasteiger partial charge in [-0.2, -0.15) is 5.10 Å². The second kappa shape index (κ2) is 4.50. The number of nitrogens with zero attached hydrogens (tertiary/aromatic N) is 3. The predicted molar refractivity (Wildman–Crippen MR) is 57.4 cm³/mol. The molecular weight excluding hydrogens is 212 g/mol. The summed E-state index contributed by atoms with van der Waals surface area (Å²) in [7, 11) is 1.85. The van der Waals surface area contributed by atoms with Crippen LogP contribution in [0.1, 0.15) is 11.0 Å². The number of nitrogens with two attached hydrogens (primary N) is 1. The van der Waals surface area contributed by atoms with E-state index in [0.717, 1.165) is 10.9 Å². The van der Waals surface area contributed by atoms with Crippen LogP contribution in [-0.2, 0) is 7.05 Å². The molecule has 80 valence electrons. The molecule has 15 heavy (non-hydrogen) atoms. The Morgan fingerprint density at radius 1 is 1.67 bits per heavy atom. The van der Waals surface area contributed by atoms with E-state index in [9.17, 15) is 0 Å². The van der Waals surface area contributed by atoms with Crippen LogP contribution in [0, 0.1) is 0 Å². The highest BCUT2D eigenvalue weighted by atomic mass is 32.2. The summed E-state index contributed by atoms with van der Waals surface area (Å²) in [6.07, 6.45) is 3.17. The standard InChI is InChI=1S/C9H12N4OS/c1-13-9(11-6-12-13)15-8(5-10)7-3-2-4-14-7/h2-4,6,8H,5,10H2,1H3. The Morgan fingerprint density at radius 3 is 3.07 bits per heavy atom. The van der Waals surface area contributed by atoms with E-state index in [1.165, 1.54) is 6.33 Å². The van der Waals surface area contributed by atoms with Crippen molar-refractivity contribution in [3.63, 3.8) is 0 Å². The second-order valence-electron chi connectivity index (χ2n) is 3.02. The Balaban J connectivity index is 2.13. The van der Waals surface area contributed by atoms with E-state index in [0.29, 0.717) is 6.54 Å². The summed E-state index contributed by atoms with van der Waals surface area (Å²) in [5, 5.41) is 4.92. The van der Waals surface area contributed by atoms with E-state index in [4.69, 9.17) is 10.2 Å². The molecule has 2 aromatic heterocycles. The van der Waals surface area contributed by atoms with Gasteiger partial charge in [-0.25, -0.2) is 9.67 Å². The Labute approximate surface area is 91.7 Å². The maximum atomic E-state index is 5.69. The molecule has 0 aromatic carbocycles. The van der Waals surface area contributed by atoms with Crippen molar-refractivity contribution >= 4 is 11.8 Å². The monoisotopic (exact) mass is 224 g/mol. The molecule has 0 amide bonds. The van der Waals surface area contributed by atoms with Crippen LogP contribution in [0.25, 0.3) is 0 Å². The van der Waals surface area contributed by atoms with Gasteiger partial charge in [-0.05, 0) is 12.1 Å². The highest BCUT2D eigenvalue weighted by molar-refractivity contribution is 7.99. The van der Waals surface area contributed by atoms with E-state index < -0.39 is 0 Å². The van der Waals surface area contributed by atoms with Gasteiger partial charge in [-0.15, -0.1) is 0 Å². The number of thioether (sulfide) groups is 1. The first-order valence-corrected chi connectivity index (χ1v) is 5.43. The Kier molecular flexibility index (Phi) is 3.08. The molecule has 2 rings (SSSR count). The first-order valence-electron chi connectivity index (χ1n) is 4.55. The van der Waals surface area contributed by atoms with Gasteiger partial charge in [-0.1, -0.05) is 11.8 Å². The highest BCUT2D eigenvalue weighted by Crippen LogP contribution is 2.32. The molecule has 0 spiro atoms. The van der Waals surface area contributed by atoms with Crippen LogP contribution in [-0.4, -0.2) is 21.3 Å². The zero-order valence-corrected chi connectivity index (χ0v) is 9.15. The largest absolute Gasteiger partial charge is 0.468 e. The maximum Gasteiger partial charge on any atom is 0.186 e. The minimum absolute atomic E-state index is 0.0860. The van der Waals surface area contributed by atoms with Crippen LogP contribution in [0.3, 0.4) is 0 Å². The summed E-state index contributed by atoms with van der Waals surface area (Å²) < 4.78 is 7.04. The molecule has 1 unspecified atom stereocenters. The normalized spacial score (nSPS) is 12.9. The Hall–Kier alpha value is -1.27. The fourth-order valence-corrected chi connectivity index (χ4v) is 2.13. The molecule has 2 N–H and O–H groups in total. The molecule has 0 radical (unpaired) electrons. The number of hydrogen-bond acceptors (Lipinski definition) is 5. The lowest BCUT2D eigenvalue weighted by molar-refractivity contribution is 0.506. The number of aromatic nitrogens is 3. The van der Waals surface area contributed by atoms with Crippen molar-refractivity contribution in [3.8, 4) is 0 Å². The zero-order valence-electron chi connectivity index (χ0n) is 8.33. The summed E-state index contributed by atoms with van der Waals surface area (Å²) in [5.41, 5.74) is 5.69. The fourth-order valence-electron chi connectivity index (χ4n) is 1.22. The van der Waals surface area contributed by atoms with Crippen molar-refractivity contribution in [2.24, 2.45) is 12.8 Å². The van der Waals surface area contributed by atoms with E-state index >= 15 is 0 Å². The van der Waals surface area contributed by atoms with Gasteiger partial charge >= 0.3 is 0 Å². The lowest BCUT2D eigenvalue weighted by atomic mass is 10.3. The van der Waals surface area contributed by atoms with Crippen molar-refractivity contribution in [2.45, 2.75) is 10.4 Å².